The lowest BCUT2D eigenvalue weighted by molar-refractivity contribution is -0.118. The van der Waals surface area contributed by atoms with Crippen molar-refractivity contribution in [1.29, 1.82) is 0 Å². The van der Waals surface area contributed by atoms with E-state index in [-0.39, 0.29) is 24.6 Å². The van der Waals surface area contributed by atoms with Crippen LogP contribution in [0.15, 0.2) is 41.3 Å². The molecule has 2 N–H and O–H groups in total. The lowest BCUT2D eigenvalue weighted by atomic mass is 10.1. The number of ether oxygens (including phenoxy) is 1. The smallest absolute Gasteiger partial charge is 0.238 e. The minimum atomic E-state index is -0.593. The Kier molecular flexibility index (Phi) is 8.82. The molecular weight excluding hydrogens is 434 g/mol. The van der Waals surface area contributed by atoms with E-state index in [9.17, 15) is 9.90 Å². The highest BCUT2D eigenvalue weighted by Gasteiger charge is 2.31. The quantitative estimate of drug-likeness (QED) is 0.513. The van der Waals surface area contributed by atoms with Gasteiger partial charge in [-0.05, 0) is 69.5 Å². The molecule has 3 unspecified atom stereocenters. The maximum Gasteiger partial charge on any atom is 0.238 e. The van der Waals surface area contributed by atoms with Crippen LogP contribution in [-0.2, 0) is 4.79 Å². The molecule has 2 aromatic rings. The van der Waals surface area contributed by atoms with Gasteiger partial charge in [0, 0.05) is 42.3 Å². The molecule has 1 fully saturated rings. The SMILES string of the molecule is Cc1cc(OCC(O)CN2C(C)CN(CC(=O)Nc3c(C)cccc3C)CC2C)ccc1S. The number of benzene rings is 2. The molecule has 0 aliphatic carbocycles. The van der Waals surface area contributed by atoms with Crippen molar-refractivity contribution in [2.45, 2.75) is 57.7 Å². The molecule has 180 valence electrons. The van der Waals surface area contributed by atoms with Crippen LogP contribution in [0.25, 0.3) is 0 Å². The summed E-state index contributed by atoms with van der Waals surface area (Å²) in [5, 5.41) is 13.7. The van der Waals surface area contributed by atoms with Gasteiger partial charge in [-0.2, -0.15) is 0 Å². The van der Waals surface area contributed by atoms with E-state index in [1.807, 2.05) is 57.2 Å². The van der Waals surface area contributed by atoms with Crippen LogP contribution < -0.4 is 10.1 Å². The Morgan fingerprint density at radius 2 is 1.76 bits per heavy atom. The fourth-order valence-corrected chi connectivity index (χ4v) is 4.69. The average molecular weight is 472 g/mol. The predicted octanol–water partition coefficient (Wildman–Crippen LogP) is 3.67. The van der Waals surface area contributed by atoms with E-state index >= 15 is 0 Å². The van der Waals surface area contributed by atoms with Gasteiger partial charge in [0.2, 0.25) is 5.91 Å². The number of β-amino-alcohol motifs (C(OH)–C–C–N with tert-alkyl or cyclic N) is 1. The van der Waals surface area contributed by atoms with Crippen molar-refractivity contribution in [3.05, 3.63) is 53.1 Å². The first-order valence-corrected chi connectivity index (χ1v) is 12.0. The summed E-state index contributed by atoms with van der Waals surface area (Å²) in [5.41, 5.74) is 4.10. The molecule has 33 heavy (non-hydrogen) atoms. The molecule has 6 nitrogen and oxygen atoms in total. The third-order valence-electron chi connectivity index (χ3n) is 6.32. The minimum Gasteiger partial charge on any atom is -0.491 e. The monoisotopic (exact) mass is 471 g/mol. The number of thiol groups is 1. The summed E-state index contributed by atoms with van der Waals surface area (Å²) in [6.07, 6.45) is -0.593. The van der Waals surface area contributed by atoms with Crippen molar-refractivity contribution in [2.75, 3.05) is 38.1 Å². The van der Waals surface area contributed by atoms with Crippen LogP contribution in [0, 0.1) is 20.8 Å². The Morgan fingerprint density at radius 1 is 1.12 bits per heavy atom. The van der Waals surface area contributed by atoms with Gasteiger partial charge in [0.25, 0.3) is 0 Å². The number of aliphatic hydroxyl groups excluding tert-OH is 1. The van der Waals surface area contributed by atoms with Crippen molar-refractivity contribution >= 4 is 24.2 Å². The Morgan fingerprint density at radius 3 is 2.36 bits per heavy atom. The van der Waals surface area contributed by atoms with Crippen LogP contribution in [0.2, 0.25) is 0 Å². The Hall–Kier alpha value is -2.06. The van der Waals surface area contributed by atoms with Crippen molar-refractivity contribution < 1.29 is 14.6 Å². The number of carbonyl (C=O) groups is 1. The maximum atomic E-state index is 12.7. The summed E-state index contributed by atoms with van der Waals surface area (Å²) in [6.45, 7) is 13.0. The first-order chi connectivity index (χ1) is 15.6. The molecule has 0 spiro atoms. The Bertz CT molecular complexity index is 936. The fraction of sp³-hybridized carbons (Fsp3) is 0.500. The highest BCUT2D eigenvalue weighted by atomic mass is 32.1. The first-order valence-electron chi connectivity index (χ1n) is 11.6. The highest BCUT2D eigenvalue weighted by molar-refractivity contribution is 7.80. The first kappa shape index (κ1) is 25.6. The number of hydrogen-bond donors (Lipinski definition) is 3. The van der Waals surface area contributed by atoms with E-state index in [0.717, 1.165) is 46.1 Å². The number of carbonyl (C=O) groups excluding carboxylic acids is 1. The van der Waals surface area contributed by atoms with Gasteiger partial charge in [0.05, 0.1) is 6.54 Å². The number of aryl methyl sites for hydroxylation is 3. The summed E-state index contributed by atoms with van der Waals surface area (Å²) >= 11 is 4.38. The van der Waals surface area contributed by atoms with Gasteiger partial charge in [-0.25, -0.2) is 0 Å². The minimum absolute atomic E-state index is 0.0104. The number of piperazine rings is 1. The molecule has 3 atom stereocenters. The topological polar surface area (TPSA) is 65.0 Å². The third-order valence-corrected chi connectivity index (χ3v) is 6.82. The summed E-state index contributed by atoms with van der Waals surface area (Å²) in [6, 6.07) is 12.2. The van der Waals surface area contributed by atoms with E-state index < -0.39 is 6.10 Å². The van der Waals surface area contributed by atoms with Crippen LogP contribution in [0.4, 0.5) is 5.69 Å². The summed E-state index contributed by atoms with van der Waals surface area (Å²) in [7, 11) is 0. The number of hydrogen-bond acceptors (Lipinski definition) is 6. The van der Waals surface area contributed by atoms with Crippen molar-refractivity contribution in [1.82, 2.24) is 9.80 Å². The molecule has 2 aromatic carbocycles. The molecule has 0 bridgehead atoms. The van der Waals surface area contributed by atoms with Gasteiger partial charge in [0.15, 0.2) is 0 Å². The van der Waals surface area contributed by atoms with Gasteiger partial charge in [-0.3, -0.25) is 14.6 Å². The van der Waals surface area contributed by atoms with E-state index in [1.54, 1.807) is 0 Å². The number of nitrogens with one attached hydrogen (secondary N) is 1. The zero-order valence-corrected chi connectivity index (χ0v) is 21.2. The number of aliphatic hydroxyl groups is 1. The van der Waals surface area contributed by atoms with Crippen molar-refractivity contribution in [3.63, 3.8) is 0 Å². The number of nitrogens with zero attached hydrogens (tertiary/aromatic N) is 2. The van der Waals surface area contributed by atoms with Gasteiger partial charge in [0.1, 0.15) is 18.5 Å². The zero-order valence-electron chi connectivity index (χ0n) is 20.3. The predicted molar refractivity (Wildman–Crippen MR) is 137 cm³/mol. The van der Waals surface area contributed by atoms with Gasteiger partial charge in [-0.15, -0.1) is 12.6 Å². The zero-order chi connectivity index (χ0) is 24.1. The second-order valence-electron chi connectivity index (χ2n) is 9.32. The van der Waals surface area contributed by atoms with Crippen molar-refractivity contribution in [3.8, 4) is 5.75 Å². The molecule has 1 aliphatic rings. The van der Waals surface area contributed by atoms with Gasteiger partial charge < -0.3 is 15.2 Å². The van der Waals surface area contributed by atoms with E-state index in [4.69, 9.17) is 4.74 Å². The van der Waals surface area contributed by atoms with Gasteiger partial charge in [-0.1, -0.05) is 18.2 Å². The third kappa shape index (κ3) is 6.96. The second-order valence-corrected chi connectivity index (χ2v) is 9.80. The maximum absolute atomic E-state index is 12.7. The lowest BCUT2D eigenvalue weighted by Crippen LogP contribution is -2.59. The number of amides is 1. The molecule has 3 rings (SSSR count). The normalized spacial score (nSPS) is 20.5. The average Bonchev–Trinajstić information content (AvgIpc) is 2.74. The molecule has 1 amide bonds. The summed E-state index contributed by atoms with van der Waals surface area (Å²) in [4.78, 5) is 18.1. The number of para-hydroxylation sites is 1. The Labute approximate surface area is 203 Å². The highest BCUT2D eigenvalue weighted by Crippen LogP contribution is 2.22. The van der Waals surface area contributed by atoms with Crippen LogP contribution in [-0.4, -0.2) is 71.8 Å². The molecule has 1 saturated heterocycles. The standard InChI is InChI=1S/C26H37N3O3S/c1-17-7-6-8-18(2)26(17)27-25(31)15-28-12-20(4)29(21(5)13-28)14-22(30)16-32-23-9-10-24(33)19(3)11-23/h6-11,20-22,30,33H,12-16H2,1-5H3,(H,27,31). The fourth-order valence-electron chi connectivity index (χ4n) is 4.55. The van der Waals surface area contributed by atoms with E-state index in [1.165, 1.54) is 0 Å². The molecule has 1 aliphatic heterocycles. The van der Waals surface area contributed by atoms with Crippen molar-refractivity contribution in [2.24, 2.45) is 0 Å². The molecule has 0 aromatic heterocycles. The molecular formula is C26H37N3O3S. The molecule has 0 radical (unpaired) electrons. The number of anilines is 1. The number of rotatable bonds is 8. The van der Waals surface area contributed by atoms with Crippen LogP contribution >= 0.6 is 12.6 Å². The molecule has 1 heterocycles. The van der Waals surface area contributed by atoms with Crippen LogP contribution in [0.3, 0.4) is 0 Å². The van der Waals surface area contributed by atoms with Gasteiger partial charge >= 0.3 is 0 Å². The summed E-state index contributed by atoms with van der Waals surface area (Å²) < 4.78 is 5.79. The molecule has 0 saturated carbocycles. The largest absolute Gasteiger partial charge is 0.491 e. The molecule has 7 heteroatoms. The lowest BCUT2D eigenvalue weighted by Gasteiger charge is -2.45. The van der Waals surface area contributed by atoms with Crippen LogP contribution in [0.5, 0.6) is 5.75 Å². The summed E-state index contributed by atoms with van der Waals surface area (Å²) in [5.74, 6) is 0.751. The van der Waals surface area contributed by atoms with Crippen LogP contribution in [0.1, 0.15) is 30.5 Å². The van der Waals surface area contributed by atoms with E-state index in [2.05, 4.69) is 41.6 Å². The van der Waals surface area contributed by atoms with E-state index in [0.29, 0.717) is 13.1 Å². The second kappa shape index (κ2) is 11.4. The Balaban J connectivity index is 1.48.